The Morgan fingerprint density at radius 3 is 2.60 bits per heavy atom. The first-order valence-electron chi connectivity index (χ1n) is 9.51. The lowest BCUT2D eigenvalue weighted by Crippen LogP contribution is -2.27. The van der Waals surface area contributed by atoms with Crippen molar-refractivity contribution in [2.45, 2.75) is 39.3 Å². The number of hydrogen-bond acceptors (Lipinski definition) is 4. The number of halogens is 3. The molecule has 1 aromatic heterocycles. The van der Waals surface area contributed by atoms with Gasteiger partial charge in [0.2, 0.25) is 0 Å². The Morgan fingerprint density at radius 1 is 1.27 bits per heavy atom. The fourth-order valence-electron chi connectivity index (χ4n) is 3.23. The maximum Gasteiger partial charge on any atom is 0.331 e. The molecule has 3 rings (SSSR count). The van der Waals surface area contributed by atoms with Crippen molar-refractivity contribution >= 4 is 29.2 Å². The van der Waals surface area contributed by atoms with E-state index in [1.54, 1.807) is 4.68 Å². The third-order valence-electron chi connectivity index (χ3n) is 4.60. The summed E-state index contributed by atoms with van der Waals surface area (Å²) in [5.41, 5.74) is -0.372. The van der Waals surface area contributed by atoms with Crippen LogP contribution in [0.1, 0.15) is 26.2 Å². The molecule has 2 aromatic rings. The molecule has 0 bridgehead atoms. The summed E-state index contributed by atoms with van der Waals surface area (Å²) in [4.78, 5) is 23.8. The molecule has 0 spiro atoms. The molecule has 0 amide bonds. The molecule has 30 heavy (non-hydrogen) atoms. The van der Waals surface area contributed by atoms with E-state index in [1.165, 1.54) is 10.7 Å². The predicted molar refractivity (Wildman–Crippen MR) is 111 cm³/mol. The molecule has 0 saturated carbocycles. The number of carbonyl (C=O) groups is 1. The van der Waals surface area contributed by atoms with Crippen LogP contribution in [0.4, 0.5) is 4.39 Å². The van der Waals surface area contributed by atoms with Crippen molar-refractivity contribution in [1.82, 2.24) is 9.36 Å². The Bertz CT molecular complexity index is 1040. The van der Waals surface area contributed by atoms with Crippen molar-refractivity contribution in [3.63, 3.8) is 0 Å². The smallest absolute Gasteiger partial charge is 0.331 e. The first-order valence-corrected chi connectivity index (χ1v) is 10.3. The lowest BCUT2D eigenvalue weighted by Gasteiger charge is -2.17. The van der Waals surface area contributed by atoms with Crippen LogP contribution < -0.4 is 10.3 Å². The van der Waals surface area contributed by atoms with Crippen molar-refractivity contribution in [2.24, 2.45) is 0 Å². The molecule has 1 N–H and O–H groups in total. The second-order valence-electron chi connectivity index (χ2n) is 6.77. The highest BCUT2D eigenvalue weighted by molar-refractivity contribution is 6.33. The predicted octanol–water partition coefficient (Wildman–Crippen LogP) is 4.33. The number of benzene rings is 1. The number of carboxylic acids is 1. The van der Waals surface area contributed by atoms with Crippen LogP contribution in [0.2, 0.25) is 10.2 Å². The van der Waals surface area contributed by atoms with E-state index in [2.05, 4.69) is 0 Å². The molecular weight excluding hydrogens is 438 g/mol. The number of aliphatic carboxylic acids is 1. The zero-order valence-corrected chi connectivity index (χ0v) is 17.8. The van der Waals surface area contributed by atoms with Gasteiger partial charge in [0.05, 0.1) is 23.3 Å². The summed E-state index contributed by atoms with van der Waals surface area (Å²) >= 11 is 12.5. The van der Waals surface area contributed by atoms with Gasteiger partial charge in [0, 0.05) is 18.7 Å². The van der Waals surface area contributed by atoms with Gasteiger partial charge in [0.1, 0.15) is 29.1 Å². The zero-order valence-electron chi connectivity index (χ0n) is 16.3. The van der Waals surface area contributed by atoms with Crippen LogP contribution in [-0.4, -0.2) is 33.7 Å². The Hall–Kier alpha value is -2.45. The largest absolute Gasteiger partial charge is 0.494 e. The summed E-state index contributed by atoms with van der Waals surface area (Å²) in [6.45, 7) is 3.05. The van der Waals surface area contributed by atoms with Gasteiger partial charge in [-0.05, 0) is 31.4 Å². The van der Waals surface area contributed by atoms with Crippen molar-refractivity contribution in [2.75, 3.05) is 13.2 Å². The number of nitrogens with zero attached hydrogens (tertiary/aromatic N) is 2. The lowest BCUT2D eigenvalue weighted by molar-refractivity contribution is -0.131. The van der Waals surface area contributed by atoms with Crippen LogP contribution in [0.3, 0.4) is 0 Å². The number of aromatic nitrogens is 2. The lowest BCUT2D eigenvalue weighted by atomic mass is 10.1. The Kier molecular flexibility index (Phi) is 7.10. The zero-order chi connectivity index (χ0) is 21.8. The van der Waals surface area contributed by atoms with Gasteiger partial charge >= 0.3 is 5.97 Å². The number of rotatable bonds is 8. The maximum atomic E-state index is 14.7. The molecule has 0 aliphatic carbocycles. The number of fused-ring (bicyclic) bond motifs is 1. The maximum absolute atomic E-state index is 14.7. The standard InChI is InChI=1S/C20H21Cl2FN2O5/c1-2-7-29-12(8-17(26)27)11-30-16-9-13(15(23)10-14(16)21)18-19(22)24-5-3-4-6-25(24)20(18)28/h8-10H,2-7,11H2,1H3,(H,26,27)/b12-8+. The quantitative estimate of drug-likeness (QED) is 0.470. The molecule has 0 atom stereocenters. The van der Waals surface area contributed by atoms with Crippen molar-refractivity contribution in [3.8, 4) is 16.9 Å². The third-order valence-corrected chi connectivity index (χ3v) is 5.28. The SMILES string of the molecule is CCCO/C(=C/C(=O)O)COc1cc(-c2c(Cl)n3n(c2=O)CCCC3)c(F)cc1Cl. The van der Waals surface area contributed by atoms with Crippen LogP contribution in [-0.2, 0) is 22.6 Å². The van der Waals surface area contributed by atoms with Gasteiger partial charge in [0.25, 0.3) is 5.56 Å². The Labute approximate surface area is 182 Å². The second kappa shape index (κ2) is 9.57. The van der Waals surface area contributed by atoms with E-state index in [9.17, 15) is 14.0 Å². The first kappa shape index (κ1) is 22.2. The van der Waals surface area contributed by atoms with Crippen LogP contribution in [0.25, 0.3) is 11.1 Å². The highest BCUT2D eigenvalue weighted by Crippen LogP contribution is 2.36. The van der Waals surface area contributed by atoms with Gasteiger partial charge in [-0.25, -0.2) is 13.9 Å². The minimum absolute atomic E-state index is 0.0263. The molecule has 2 heterocycles. The molecule has 0 unspecified atom stereocenters. The average molecular weight is 459 g/mol. The van der Waals surface area contributed by atoms with Gasteiger partial charge in [-0.1, -0.05) is 30.1 Å². The van der Waals surface area contributed by atoms with E-state index in [4.69, 9.17) is 37.8 Å². The number of ether oxygens (including phenoxy) is 2. The van der Waals surface area contributed by atoms with Gasteiger partial charge < -0.3 is 14.6 Å². The summed E-state index contributed by atoms with van der Waals surface area (Å²) in [7, 11) is 0. The van der Waals surface area contributed by atoms with Gasteiger partial charge in [-0.2, -0.15) is 0 Å². The summed E-state index contributed by atoms with van der Waals surface area (Å²) in [6, 6.07) is 2.34. The molecule has 1 aliphatic rings. The van der Waals surface area contributed by atoms with Crippen molar-refractivity contribution < 1.29 is 23.8 Å². The summed E-state index contributed by atoms with van der Waals surface area (Å²) < 4.78 is 28.8. The molecule has 0 saturated heterocycles. The second-order valence-corrected chi connectivity index (χ2v) is 7.54. The van der Waals surface area contributed by atoms with Gasteiger partial charge in [-0.3, -0.25) is 9.48 Å². The molecule has 162 valence electrons. The Balaban J connectivity index is 1.95. The summed E-state index contributed by atoms with van der Waals surface area (Å²) in [5.74, 6) is -1.73. The van der Waals surface area contributed by atoms with Crippen LogP contribution in [0, 0.1) is 5.82 Å². The van der Waals surface area contributed by atoms with E-state index in [-0.39, 0.29) is 45.0 Å². The summed E-state index contributed by atoms with van der Waals surface area (Å²) in [5, 5.41) is 9.09. The Morgan fingerprint density at radius 2 is 1.97 bits per heavy atom. The average Bonchev–Trinajstić information content (AvgIpc) is 2.96. The molecule has 7 nitrogen and oxygen atoms in total. The highest BCUT2D eigenvalue weighted by atomic mass is 35.5. The molecule has 1 aromatic carbocycles. The van der Waals surface area contributed by atoms with E-state index in [0.717, 1.165) is 25.0 Å². The van der Waals surface area contributed by atoms with Gasteiger partial charge in [-0.15, -0.1) is 0 Å². The normalized spacial score (nSPS) is 13.8. The fourth-order valence-corrected chi connectivity index (χ4v) is 3.79. The van der Waals surface area contributed by atoms with E-state index in [0.29, 0.717) is 26.1 Å². The van der Waals surface area contributed by atoms with E-state index in [1.807, 2.05) is 6.92 Å². The molecule has 0 fully saturated rings. The minimum Gasteiger partial charge on any atom is -0.494 e. The van der Waals surface area contributed by atoms with Crippen LogP contribution in [0.5, 0.6) is 5.75 Å². The highest BCUT2D eigenvalue weighted by Gasteiger charge is 2.25. The number of hydrogen-bond donors (Lipinski definition) is 1. The third kappa shape index (κ3) is 4.65. The van der Waals surface area contributed by atoms with Crippen molar-refractivity contribution in [1.29, 1.82) is 0 Å². The molecule has 0 radical (unpaired) electrons. The monoisotopic (exact) mass is 458 g/mol. The topological polar surface area (TPSA) is 82.7 Å². The van der Waals surface area contributed by atoms with E-state index < -0.39 is 11.8 Å². The number of carboxylic acid groups (broad SMARTS) is 1. The van der Waals surface area contributed by atoms with Crippen LogP contribution in [0.15, 0.2) is 28.8 Å². The van der Waals surface area contributed by atoms with Crippen molar-refractivity contribution in [3.05, 3.63) is 50.3 Å². The van der Waals surface area contributed by atoms with Gasteiger partial charge in [0.15, 0.2) is 0 Å². The van der Waals surface area contributed by atoms with Crippen LogP contribution >= 0.6 is 23.2 Å². The molecular formula is C20H21Cl2FN2O5. The fraction of sp³-hybridized carbons (Fsp3) is 0.400. The first-order chi connectivity index (χ1) is 14.3. The summed E-state index contributed by atoms with van der Waals surface area (Å²) in [6.07, 6.45) is 3.29. The van der Waals surface area contributed by atoms with E-state index >= 15 is 0 Å². The minimum atomic E-state index is -1.19. The molecule has 1 aliphatic heterocycles. The molecule has 10 heteroatoms.